The van der Waals surface area contributed by atoms with Crippen LogP contribution in [-0.4, -0.2) is 15.7 Å². The molecule has 0 aliphatic carbocycles. The number of carbonyl (C=O) groups is 1. The second kappa shape index (κ2) is 4.58. The number of Topliss-reactive ketones (excluding diaryl/α,β-unsaturated/α-hetero) is 1. The van der Waals surface area contributed by atoms with Gasteiger partial charge in [-0.1, -0.05) is 46.4 Å². The van der Waals surface area contributed by atoms with Crippen molar-refractivity contribution in [2.75, 3.05) is 0 Å². The Morgan fingerprint density at radius 1 is 1.29 bits per heavy atom. The highest BCUT2D eigenvalue weighted by Crippen LogP contribution is 2.32. The molecule has 1 N–H and O–H groups in total. The van der Waals surface area contributed by atoms with E-state index in [0.29, 0.717) is 0 Å². The molecule has 0 bridgehead atoms. The molecule has 0 radical (unpaired) electrons. The summed E-state index contributed by atoms with van der Waals surface area (Å²) < 4.78 is 0. The Labute approximate surface area is 100 Å². The van der Waals surface area contributed by atoms with Crippen molar-refractivity contribution in [3.05, 3.63) is 27.7 Å². The van der Waals surface area contributed by atoms with Gasteiger partial charge in [0.2, 0.25) is 0 Å². The molecular formula is C8H4Cl4O2. The van der Waals surface area contributed by atoms with Gasteiger partial charge in [-0.2, -0.15) is 0 Å². The molecule has 1 rings (SSSR count). The fourth-order valence-corrected chi connectivity index (χ4v) is 1.60. The number of phenolic OH excluding ortho intramolecular Hbond substituents is 1. The molecule has 0 saturated heterocycles. The van der Waals surface area contributed by atoms with E-state index >= 15 is 0 Å². The summed E-state index contributed by atoms with van der Waals surface area (Å²) in [6, 6.07) is 2.57. The first kappa shape index (κ1) is 11.9. The summed E-state index contributed by atoms with van der Waals surface area (Å²) in [5.74, 6) is -1.01. The lowest BCUT2D eigenvalue weighted by atomic mass is 10.1. The van der Waals surface area contributed by atoms with Gasteiger partial charge < -0.3 is 5.11 Å². The summed E-state index contributed by atoms with van der Waals surface area (Å²) in [4.78, 5) is 10.1. The van der Waals surface area contributed by atoms with Gasteiger partial charge >= 0.3 is 0 Å². The van der Waals surface area contributed by atoms with Crippen LogP contribution in [0.15, 0.2) is 12.1 Å². The molecule has 6 heteroatoms. The summed E-state index contributed by atoms with van der Waals surface area (Å²) in [7, 11) is 0. The molecule has 0 aliphatic rings. The maximum Gasteiger partial charge on any atom is 0.199 e. The third kappa shape index (κ3) is 2.45. The van der Waals surface area contributed by atoms with Crippen LogP contribution in [0, 0.1) is 0 Å². The van der Waals surface area contributed by atoms with Gasteiger partial charge in [0.1, 0.15) is 5.75 Å². The fourth-order valence-electron chi connectivity index (χ4n) is 0.871. The normalized spacial score (nSPS) is 10.6. The third-order valence-electron chi connectivity index (χ3n) is 1.49. The largest absolute Gasteiger partial charge is 0.506 e. The van der Waals surface area contributed by atoms with Gasteiger partial charge in [-0.05, 0) is 12.1 Å². The number of halogens is 4. The van der Waals surface area contributed by atoms with Crippen LogP contribution in [0.4, 0.5) is 0 Å². The Hall–Kier alpha value is -0.150. The molecule has 0 amide bonds. The van der Waals surface area contributed by atoms with E-state index in [-0.39, 0.29) is 21.4 Å². The molecular weight excluding hydrogens is 270 g/mol. The van der Waals surface area contributed by atoms with Crippen LogP contribution in [0.1, 0.15) is 10.4 Å². The van der Waals surface area contributed by atoms with Crippen molar-refractivity contribution in [2.24, 2.45) is 0 Å². The number of carbonyl (C=O) groups excluding carboxylic acids is 1. The summed E-state index contributed by atoms with van der Waals surface area (Å²) >= 11 is 21.9. The second-order valence-electron chi connectivity index (χ2n) is 2.45. The van der Waals surface area contributed by atoms with E-state index in [1.54, 1.807) is 0 Å². The number of benzene rings is 1. The quantitative estimate of drug-likeness (QED) is 0.659. The van der Waals surface area contributed by atoms with E-state index in [4.69, 9.17) is 46.4 Å². The lowest BCUT2D eigenvalue weighted by Crippen LogP contribution is -2.08. The van der Waals surface area contributed by atoms with Crippen molar-refractivity contribution >= 4 is 52.2 Å². The number of hydrogen-bond donors (Lipinski definition) is 1. The van der Waals surface area contributed by atoms with E-state index in [1.165, 1.54) is 12.1 Å². The number of ketones is 1. The molecule has 76 valence electrons. The molecule has 2 nitrogen and oxygen atoms in total. The molecule has 0 fully saturated rings. The molecule has 1 aromatic carbocycles. The molecule has 0 heterocycles. The number of alkyl halides is 2. The topological polar surface area (TPSA) is 37.3 Å². The number of aromatic hydroxyl groups is 1. The summed E-state index contributed by atoms with van der Waals surface area (Å²) in [5.41, 5.74) is -0.0856. The summed E-state index contributed by atoms with van der Waals surface area (Å²) in [6.45, 7) is 0. The van der Waals surface area contributed by atoms with Crippen molar-refractivity contribution in [2.45, 2.75) is 4.84 Å². The maximum absolute atomic E-state index is 11.3. The van der Waals surface area contributed by atoms with Crippen LogP contribution in [0.2, 0.25) is 10.0 Å². The predicted octanol–water partition coefficient (Wildman–Crippen LogP) is 3.69. The van der Waals surface area contributed by atoms with Crippen LogP contribution in [0.5, 0.6) is 5.75 Å². The SMILES string of the molecule is O=C(c1cc(Cl)cc(Cl)c1O)C(Cl)Cl. The van der Waals surface area contributed by atoms with E-state index < -0.39 is 10.6 Å². The Bertz CT molecular complexity index is 376. The van der Waals surface area contributed by atoms with E-state index in [0.717, 1.165) is 0 Å². The van der Waals surface area contributed by atoms with Gasteiger partial charge in [0, 0.05) is 5.02 Å². The van der Waals surface area contributed by atoms with Crippen molar-refractivity contribution in [3.8, 4) is 5.75 Å². The monoisotopic (exact) mass is 272 g/mol. The first-order chi connectivity index (χ1) is 6.43. The number of hydrogen-bond acceptors (Lipinski definition) is 2. The second-order valence-corrected chi connectivity index (χ2v) is 4.39. The van der Waals surface area contributed by atoms with Gasteiger partial charge in [0.05, 0.1) is 10.6 Å². The first-order valence-corrected chi connectivity index (χ1v) is 5.06. The van der Waals surface area contributed by atoms with E-state index in [2.05, 4.69) is 0 Å². The smallest absolute Gasteiger partial charge is 0.199 e. The van der Waals surface area contributed by atoms with Crippen LogP contribution < -0.4 is 0 Å². The zero-order valence-electron chi connectivity index (χ0n) is 6.60. The molecule has 1 aromatic rings. The zero-order valence-corrected chi connectivity index (χ0v) is 9.62. The Morgan fingerprint density at radius 2 is 1.86 bits per heavy atom. The van der Waals surface area contributed by atoms with Crippen molar-refractivity contribution in [1.29, 1.82) is 0 Å². The maximum atomic E-state index is 11.3. The van der Waals surface area contributed by atoms with Crippen LogP contribution >= 0.6 is 46.4 Å². The van der Waals surface area contributed by atoms with Gasteiger partial charge in [-0.3, -0.25) is 4.79 Å². The highest BCUT2D eigenvalue weighted by Gasteiger charge is 2.20. The summed E-state index contributed by atoms with van der Waals surface area (Å²) in [6.07, 6.45) is 0. The minimum absolute atomic E-state index is 0.0187. The highest BCUT2D eigenvalue weighted by molar-refractivity contribution is 6.55. The highest BCUT2D eigenvalue weighted by atomic mass is 35.5. The minimum Gasteiger partial charge on any atom is -0.506 e. The Kier molecular flexibility index (Phi) is 3.90. The van der Waals surface area contributed by atoms with Crippen molar-refractivity contribution < 1.29 is 9.90 Å². The molecule has 0 unspecified atom stereocenters. The van der Waals surface area contributed by atoms with Crippen molar-refractivity contribution in [3.63, 3.8) is 0 Å². The lowest BCUT2D eigenvalue weighted by Gasteiger charge is -2.06. The molecule has 0 atom stereocenters. The Morgan fingerprint density at radius 3 is 2.36 bits per heavy atom. The van der Waals surface area contributed by atoms with E-state index in [1.807, 2.05) is 0 Å². The lowest BCUT2D eigenvalue weighted by molar-refractivity contribution is 0.100. The fraction of sp³-hybridized carbons (Fsp3) is 0.125. The molecule has 0 aromatic heterocycles. The third-order valence-corrected chi connectivity index (χ3v) is 2.39. The van der Waals surface area contributed by atoms with Crippen LogP contribution in [0.3, 0.4) is 0 Å². The van der Waals surface area contributed by atoms with Crippen molar-refractivity contribution in [1.82, 2.24) is 0 Å². The van der Waals surface area contributed by atoms with Gasteiger partial charge in [0.25, 0.3) is 0 Å². The van der Waals surface area contributed by atoms with Gasteiger partial charge in [-0.15, -0.1) is 0 Å². The average Bonchev–Trinajstić information content (AvgIpc) is 2.09. The van der Waals surface area contributed by atoms with Gasteiger partial charge in [0.15, 0.2) is 10.6 Å². The van der Waals surface area contributed by atoms with E-state index in [9.17, 15) is 9.90 Å². The molecule has 0 saturated carbocycles. The van der Waals surface area contributed by atoms with Crippen LogP contribution in [-0.2, 0) is 0 Å². The summed E-state index contributed by atoms with van der Waals surface area (Å²) in [5, 5.41) is 9.62. The Balaban J connectivity index is 3.27. The van der Waals surface area contributed by atoms with Crippen LogP contribution in [0.25, 0.3) is 0 Å². The number of rotatable bonds is 2. The molecule has 0 spiro atoms. The number of phenols is 1. The minimum atomic E-state index is -1.25. The standard InChI is InChI=1S/C8H4Cl4O2/c9-3-1-4(7(14)8(11)12)6(13)5(10)2-3/h1-2,8,13H. The first-order valence-electron chi connectivity index (χ1n) is 3.44. The molecule has 14 heavy (non-hydrogen) atoms. The predicted molar refractivity (Wildman–Crippen MR) is 58.0 cm³/mol. The average molecular weight is 274 g/mol. The molecule has 0 aliphatic heterocycles. The van der Waals surface area contributed by atoms with Gasteiger partial charge in [-0.25, -0.2) is 0 Å². The zero-order chi connectivity index (χ0) is 10.9.